The van der Waals surface area contributed by atoms with E-state index in [2.05, 4.69) is 15.0 Å². The molecule has 0 unspecified atom stereocenters. The lowest BCUT2D eigenvalue weighted by Crippen LogP contribution is -2.07. The summed E-state index contributed by atoms with van der Waals surface area (Å²) in [5, 5.41) is 17.0. The molecule has 2 N–H and O–H groups in total. The lowest BCUT2D eigenvalue weighted by molar-refractivity contribution is -0.131. The molecule has 0 aliphatic carbocycles. The van der Waals surface area contributed by atoms with E-state index in [-0.39, 0.29) is 0 Å². The van der Waals surface area contributed by atoms with E-state index in [9.17, 15) is 4.79 Å². The minimum atomic E-state index is -0.952. The highest BCUT2D eigenvalue weighted by atomic mass is 32.2. The monoisotopic (exact) mass is 366 g/mol. The molecule has 0 atom stereocenters. The Morgan fingerprint density at radius 3 is 2.85 bits per heavy atom. The van der Waals surface area contributed by atoms with E-state index in [4.69, 9.17) is 5.11 Å². The van der Waals surface area contributed by atoms with Crippen molar-refractivity contribution in [2.75, 3.05) is 0 Å². The van der Waals surface area contributed by atoms with E-state index in [0.29, 0.717) is 12.4 Å². The van der Waals surface area contributed by atoms with E-state index in [1.165, 1.54) is 11.9 Å². The first-order valence-electron chi connectivity index (χ1n) is 8.01. The third-order valence-corrected chi connectivity index (χ3v) is 4.29. The van der Waals surface area contributed by atoms with Gasteiger partial charge in [0.05, 0.1) is 6.20 Å². The van der Waals surface area contributed by atoms with Crippen LogP contribution in [0.1, 0.15) is 11.1 Å². The smallest absolute Gasteiger partial charge is 0.328 e. The van der Waals surface area contributed by atoms with Crippen molar-refractivity contribution in [2.45, 2.75) is 12.4 Å². The summed E-state index contributed by atoms with van der Waals surface area (Å²) < 4.78 is 5.06. The van der Waals surface area contributed by atoms with Gasteiger partial charge in [0, 0.05) is 18.2 Å². The fourth-order valence-electron chi connectivity index (χ4n) is 2.32. The van der Waals surface area contributed by atoms with Crippen molar-refractivity contribution in [1.29, 1.82) is 0 Å². The lowest BCUT2D eigenvalue weighted by Gasteiger charge is -2.05. The molecule has 0 spiro atoms. The van der Waals surface area contributed by atoms with Gasteiger partial charge in [-0.2, -0.15) is 0 Å². The number of carboxylic acids is 1. The van der Waals surface area contributed by atoms with Crippen molar-refractivity contribution in [1.82, 2.24) is 19.7 Å². The lowest BCUT2D eigenvalue weighted by atomic mass is 10.1. The summed E-state index contributed by atoms with van der Waals surface area (Å²) in [4.78, 5) is 10.6. The summed E-state index contributed by atoms with van der Waals surface area (Å²) in [6.07, 6.45) is 4.64. The van der Waals surface area contributed by atoms with Crippen LogP contribution in [0.3, 0.4) is 0 Å². The molecule has 0 saturated heterocycles. The van der Waals surface area contributed by atoms with Crippen LogP contribution in [0.4, 0.5) is 0 Å². The second kappa shape index (κ2) is 8.98. The van der Waals surface area contributed by atoms with Gasteiger partial charge < -0.3 is 5.11 Å². The second-order valence-electron chi connectivity index (χ2n) is 5.52. The van der Waals surface area contributed by atoms with Gasteiger partial charge in [-0.05, 0) is 17.2 Å². The number of carbonyl (C=O) groups is 1. The molecular weight excluding hydrogens is 348 g/mol. The van der Waals surface area contributed by atoms with Gasteiger partial charge in [0.1, 0.15) is 11.6 Å². The van der Waals surface area contributed by atoms with Gasteiger partial charge >= 0.3 is 5.97 Å². The van der Waals surface area contributed by atoms with Crippen LogP contribution in [0, 0.1) is 0 Å². The molecule has 0 fully saturated rings. The van der Waals surface area contributed by atoms with E-state index in [0.717, 1.165) is 28.5 Å². The molecule has 0 aliphatic rings. The first kappa shape index (κ1) is 17.9. The number of nitrogens with zero attached hydrogens (tertiary/aromatic N) is 3. The van der Waals surface area contributed by atoms with Crippen LogP contribution in [0.5, 0.6) is 0 Å². The number of aliphatic carboxylic acids is 1. The molecule has 3 rings (SSSR count). The number of hydrogen-bond acceptors (Lipinski definition) is 5. The molecule has 0 radical (unpaired) electrons. The Kier molecular flexibility index (Phi) is 6.19. The third kappa shape index (κ3) is 5.30. The fourth-order valence-corrected chi connectivity index (χ4v) is 2.94. The highest BCUT2D eigenvalue weighted by molar-refractivity contribution is 7.96. The largest absolute Gasteiger partial charge is 0.478 e. The molecule has 2 aromatic carbocycles. The molecule has 7 heteroatoms. The average molecular weight is 366 g/mol. The van der Waals surface area contributed by atoms with Crippen molar-refractivity contribution in [2.24, 2.45) is 0 Å². The van der Waals surface area contributed by atoms with Gasteiger partial charge in [0.15, 0.2) is 0 Å². The minimum Gasteiger partial charge on any atom is -0.478 e. The van der Waals surface area contributed by atoms with Crippen molar-refractivity contribution < 1.29 is 9.90 Å². The zero-order chi connectivity index (χ0) is 18.2. The van der Waals surface area contributed by atoms with Crippen LogP contribution < -0.4 is 4.72 Å². The van der Waals surface area contributed by atoms with Gasteiger partial charge in [-0.15, -0.1) is 5.10 Å². The first-order valence-corrected chi connectivity index (χ1v) is 8.99. The highest BCUT2D eigenvalue weighted by Crippen LogP contribution is 2.15. The van der Waals surface area contributed by atoms with Gasteiger partial charge in [-0.25, -0.2) is 9.48 Å². The van der Waals surface area contributed by atoms with Crippen LogP contribution in [0.2, 0.25) is 0 Å². The van der Waals surface area contributed by atoms with E-state index in [1.54, 1.807) is 10.8 Å². The molecule has 26 heavy (non-hydrogen) atoms. The SMILES string of the molecule is O=C(O)/C=C/c1cccc(CNSCn2cc(-c3ccccc3)nn2)c1. The van der Waals surface area contributed by atoms with Crippen molar-refractivity contribution in [3.8, 4) is 11.3 Å². The Morgan fingerprint density at radius 1 is 1.19 bits per heavy atom. The summed E-state index contributed by atoms with van der Waals surface area (Å²) in [5.74, 6) is -0.315. The third-order valence-electron chi connectivity index (χ3n) is 3.55. The maximum Gasteiger partial charge on any atom is 0.328 e. The van der Waals surface area contributed by atoms with Gasteiger partial charge in [-0.1, -0.05) is 71.8 Å². The topological polar surface area (TPSA) is 80.0 Å². The predicted molar refractivity (Wildman–Crippen MR) is 103 cm³/mol. The first-order chi connectivity index (χ1) is 12.7. The van der Waals surface area contributed by atoms with Crippen LogP contribution in [-0.4, -0.2) is 26.1 Å². The van der Waals surface area contributed by atoms with Gasteiger partial charge in [0.25, 0.3) is 0 Å². The number of hydrogen-bond donors (Lipinski definition) is 2. The van der Waals surface area contributed by atoms with Crippen LogP contribution in [0.15, 0.2) is 66.9 Å². The molecule has 0 saturated carbocycles. The Morgan fingerprint density at radius 2 is 2.04 bits per heavy atom. The second-order valence-corrected chi connectivity index (χ2v) is 6.36. The fraction of sp³-hybridized carbons (Fsp3) is 0.105. The number of rotatable bonds is 8. The predicted octanol–water partition coefficient (Wildman–Crippen LogP) is 3.44. The Hall–Kier alpha value is -2.90. The normalized spacial score (nSPS) is 11.1. The maximum atomic E-state index is 10.6. The number of nitrogens with one attached hydrogen (secondary N) is 1. The quantitative estimate of drug-likeness (QED) is 0.361. The van der Waals surface area contributed by atoms with Gasteiger partial charge in [-0.3, -0.25) is 4.72 Å². The zero-order valence-corrected chi connectivity index (χ0v) is 14.8. The molecule has 0 bridgehead atoms. The van der Waals surface area contributed by atoms with Crippen molar-refractivity contribution in [3.05, 3.63) is 78.0 Å². The maximum absolute atomic E-state index is 10.6. The zero-order valence-electron chi connectivity index (χ0n) is 13.9. The minimum absolute atomic E-state index is 0.637. The van der Waals surface area contributed by atoms with Crippen LogP contribution in [-0.2, 0) is 17.2 Å². The average Bonchev–Trinajstić information content (AvgIpc) is 3.14. The number of aromatic nitrogens is 3. The van der Waals surface area contributed by atoms with Gasteiger partial charge in [0.2, 0.25) is 0 Å². The standard InChI is InChI=1S/C19H18N4O2S/c24-19(25)10-9-15-5-4-6-16(11-15)12-20-26-14-23-13-18(21-22-23)17-7-2-1-3-8-17/h1-11,13,20H,12,14H2,(H,24,25)/b10-9+. The summed E-state index contributed by atoms with van der Waals surface area (Å²) >= 11 is 1.53. The molecular formula is C19H18N4O2S. The summed E-state index contributed by atoms with van der Waals surface area (Å²) in [5.41, 5.74) is 3.83. The molecule has 0 amide bonds. The summed E-state index contributed by atoms with van der Waals surface area (Å²) in [7, 11) is 0. The highest BCUT2D eigenvalue weighted by Gasteiger charge is 2.03. The Balaban J connectivity index is 1.48. The molecule has 3 aromatic rings. The molecule has 1 heterocycles. The number of carboxylic acid groups (broad SMARTS) is 1. The van der Waals surface area contributed by atoms with Crippen molar-refractivity contribution >= 4 is 24.0 Å². The van der Waals surface area contributed by atoms with Crippen LogP contribution in [0.25, 0.3) is 17.3 Å². The van der Waals surface area contributed by atoms with E-state index < -0.39 is 5.97 Å². The summed E-state index contributed by atoms with van der Waals surface area (Å²) in [6.45, 7) is 0.666. The molecule has 1 aromatic heterocycles. The molecule has 132 valence electrons. The summed E-state index contributed by atoms with van der Waals surface area (Å²) in [6, 6.07) is 17.7. The molecule has 6 nitrogen and oxygen atoms in total. The van der Waals surface area contributed by atoms with E-state index in [1.807, 2.05) is 60.8 Å². The van der Waals surface area contributed by atoms with E-state index >= 15 is 0 Å². The Labute approximate surface area is 155 Å². The number of benzene rings is 2. The van der Waals surface area contributed by atoms with Crippen LogP contribution >= 0.6 is 11.9 Å². The molecule has 0 aliphatic heterocycles. The Bertz CT molecular complexity index is 893. The van der Waals surface area contributed by atoms with Crippen molar-refractivity contribution in [3.63, 3.8) is 0 Å².